The van der Waals surface area contributed by atoms with Crippen LogP contribution in [0.1, 0.15) is 47.7 Å². The Morgan fingerprint density at radius 1 is 0.935 bits per heavy atom. The smallest absolute Gasteiger partial charge is 0.330 e. The number of carbonyl (C=O) groups is 1. The SMILES string of the molecule is COC(=O)CCCc1cn([C@H]2C[C@H](O)[C@@H](C(O)C(c3ccccc3)(c3ccc(OC)cc3)c3ccc(OC)cc3)O2)c(=O)[nH]c1=O. The van der Waals surface area contributed by atoms with Crippen molar-refractivity contribution in [2.75, 3.05) is 21.3 Å². The minimum absolute atomic E-state index is 0.0224. The predicted octanol–water partition coefficient (Wildman–Crippen LogP) is 3.09. The van der Waals surface area contributed by atoms with E-state index >= 15 is 0 Å². The molecule has 0 amide bonds. The fourth-order valence-corrected chi connectivity index (χ4v) is 6.24. The molecule has 1 saturated heterocycles. The summed E-state index contributed by atoms with van der Waals surface area (Å²) in [4.78, 5) is 39.4. The minimum Gasteiger partial charge on any atom is -0.497 e. The normalized spacial score (nSPS) is 18.6. The van der Waals surface area contributed by atoms with Crippen LogP contribution in [-0.4, -0.2) is 65.4 Å². The number of nitrogens with one attached hydrogen (secondary N) is 1. The third kappa shape index (κ3) is 6.34. The van der Waals surface area contributed by atoms with Crippen LogP contribution in [0, 0.1) is 0 Å². The zero-order chi connectivity index (χ0) is 32.8. The van der Waals surface area contributed by atoms with Crippen molar-refractivity contribution in [3.8, 4) is 11.5 Å². The third-order valence-corrected chi connectivity index (χ3v) is 8.62. The minimum atomic E-state index is -1.37. The van der Waals surface area contributed by atoms with Gasteiger partial charge in [-0.2, -0.15) is 0 Å². The van der Waals surface area contributed by atoms with Crippen LogP contribution in [0.5, 0.6) is 11.5 Å². The molecule has 46 heavy (non-hydrogen) atoms. The number of aryl methyl sites for hydroxylation is 1. The van der Waals surface area contributed by atoms with Gasteiger partial charge in [0.2, 0.25) is 0 Å². The monoisotopic (exact) mass is 630 g/mol. The molecular weight excluding hydrogens is 592 g/mol. The zero-order valence-electron chi connectivity index (χ0n) is 25.9. The van der Waals surface area contributed by atoms with Crippen LogP contribution in [0.4, 0.5) is 0 Å². The Morgan fingerprint density at radius 2 is 1.50 bits per heavy atom. The lowest BCUT2D eigenvalue weighted by Crippen LogP contribution is -2.51. The molecule has 4 aromatic rings. The molecule has 11 heteroatoms. The highest BCUT2D eigenvalue weighted by Gasteiger charge is 2.52. The van der Waals surface area contributed by atoms with E-state index in [1.54, 1.807) is 38.5 Å². The number of aliphatic hydroxyl groups is 2. The standard InChI is InChI=1S/C35H38N2O9/c1-43-26-16-12-24(13-17-26)35(23-9-5-4-6-10-23,25-14-18-27(44-2)19-15-25)32(40)31-28(38)20-29(46-31)37-21-22(33(41)36-34(37)42)8-7-11-30(39)45-3/h4-6,9-10,12-19,21,28-29,31-32,38,40H,7-8,11,20H2,1-3H3,(H,36,41,42)/t28-,29+,31-,32?/m0/s1. The molecule has 0 spiro atoms. The molecule has 3 aromatic carbocycles. The first-order chi connectivity index (χ1) is 22.2. The van der Waals surface area contributed by atoms with Gasteiger partial charge in [0.05, 0.1) is 32.8 Å². The predicted molar refractivity (Wildman–Crippen MR) is 169 cm³/mol. The van der Waals surface area contributed by atoms with E-state index in [9.17, 15) is 24.6 Å². The highest BCUT2D eigenvalue weighted by molar-refractivity contribution is 5.69. The lowest BCUT2D eigenvalue weighted by molar-refractivity contribution is -0.140. The maximum absolute atomic E-state index is 13.0. The van der Waals surface area contributed by atoms with Crippen molar-refractivity contribution >= 4 is 5.97 Å². The fourth-order valence-electron chi connectivity index (χ4n) is 6.24. The summed E-state index contributed by atoms with van der Waals surface area (Å²) >= 11 is 0. The Balaban J connectivity index is 1.57. The summed E-state index contributed by atoms with van der Waals surface area (Å²) in [5.41, 5.74) is -0.0880. The Labute approximate surface area is 266 Å². The van der Waals surface area contributed by atoms with Crippen molar-refractivity contribution in [3.63, 3.8) is 0 Å². The van der Waals surface area contributed by atoms with E-state index in [0.29, 0.717) is 29.0 Å². The van der Waals surface area contributed by atoms with E-state index < -0.39 is 47.2 Å². The van der Waals surface area contributed by atoms with Crippen molar-refractivity contribution in [1.82, 2.24) is 9.55 Å². The summed E-state index contributed by atoms with van der Waals surface area (Å²) in [6.45, 7) is 0. The molecule has 0 bridgehead atoms. The van der Waals surface area contributed by atoms with E-state index in [-0.39, 0.29) is 24.8 Å². The van der Waals surface area contributed by atoms with E-state index in [4.69, 9.17) is 14.2 Å². The maximum atomic E-state index is 13.0. The topological polar surface area (TPSA) is 149 Å². The number of hydrogen-bond acceptors (Lipinski definition) is 9. The number of benzene rings is 3. The average Bonchev–Trinajstić information content (AvgIpc) is 3.47. The summed E-state index contributed by atoms with van der Waals surface area (Å²) in [6, 6.07) is 24.1. The fraction of sp³-hybridized carbons (Fsp3) is 0.343. The van der Waals surface area contributed by atoms with E-state index in [1.807, 2.05) is 54.6 Å². The first-order valence-corrected chi connectivity index (χ1v) is 15.0. The number of aromatic amines is 1. The molecule has 1 fully saturated rings. The molecule has 11 nitrogen and oxygen atoms in total. The summed E-state index contributed by atoms with van der Waals surface area (Å²) in [6.07, 6.45) is -2.65. The van der Waals surface area contributed by atoms with Crippen LogP contribution >= 0.6 is 0 Å². The number of esters is 1. The van der Waals surface area contributed by atoms with Gasteiger partial charge in [-0.05, 0) is 53.8 Å². The van der Waals surface area contributed by atoms with Gasteiger partial charge in [0, 0.05) is 24.6 Å². The van der Waals surface area contributed by atoms with Crippen LogP contribution < -0.4 is 20.7 Å². The summed E-state index contributed by atoms with van der Waals surface area (Å²) in [5, 5.41) is 24.0. The molecule has 1 unspecified atom stereocenters. The Hall–Kier alpha value is -4.71. The van der Waals surface area contributed by atoms with Gasteiger partial charge in [-0.25, -0.2) is 4.79 Å². The number of aliphatic hydroxyl groups excluding tert-OH is 2. The first kappa shape index (κ1) is 32.7. The number of hydrogen-bond donors (Lipinski definition) is 3. The number of rotatable bonds is 12. The van der Waals surface area contributed by atoms with Crippen LogP contribution in [0.15, 0.2) is 94.6 Å². The van der Waals surface area contributed by atoms with Gasteiger partial charge >= 0.3 is 11.7 Å². The number of aromatic nitrogens is 2. The van der Waals surface area contributed by atoms with Gasteiger partial charge in [-0.3, -0.25) is 19.1 Å². The quantitative estimate of drug-likeness (QED) is 0.159. The van der Waals surface area contributed by atoms with Crippen LogP contribution in [0.3, 0.4) is 0 Å². The van der Waals surface area contributed by atoms with Gasteiger partial charge in [0.15, 0.2) is 0 Å². The number of H-pyrrole nitrogens is 1. The van der Waals surface area contributed by atoms with E-state index in [1.165, 1.54) is 17.9 Å². The van der Waals surface area contributed by atoms with E-state index in [2.05, 4.69) is 9.72 Å². The molecule has 1 aliphatic heterocycles. The highest BCUT2D eigenvalue weighted by atomic mass is 16.5. The lowest BCUT2D eigenvalue weighted by Gasteiger charge is -2.43. The molecule has 1 aliphatic rings. The zero-order valence-corrected chi connectivity index (χ0v) is 25.9. The number of nitrogens with zero attached hydrogens (tertiary/aromatic N) is 1. The molecule has 3 N–H and O–H groups in total. The Kier molecular flexibility index (Phi) is 10.1. The molecule has 242 valence electrons. The van der Waals surface area contributed by atoms with Crippen molar-refractivity contribution in [1.29, 1.82) is 0 Å². The molecule has 0 radical (unpaired) electrons. The Morgan fingerprint density at radius 3 is 2.04 bits per heavy atom. The van der Waals surface area contributed by atoms with Crippen molar-refractivity contribution in [2.45, 2.75) is 55.6 Å². The number of ether oxygens (including phenoxy) is 4. The van der Waals surface area contributed by atoms with Gasteiger partial charge < -0.3 is 29.2 Å². The average molecular weight is 631 g/mol. The number of methoxy groups -OCH3 is 3. The van der Waals surface area contributed by atoms with Crippen LogP contribution in [-0.2, 0) is 26.1 Å². The molecule has 0 saturated carbocycles. The second-order valence-electron chi connectivity index (χ2n) is 11.2. The molecule has 5 rings (SSSR count). The summed E-state index contributed by atoms with van der Waals surface area (Å²) < 4.78 is 23.0. The second kappa shape index (κ2) is 14.2. The van der Waals surface area contributed by atoms with Gasteiger partial charge in [-0.15, -0.1) is 0 Å². The molecular formula is C35H38N2O9. The Bertz CT molecular complexity index is 1690. The van der Waals surface area contributed by atoms with Crippen molar-refractivity contribution < 1.29 is 34.0 Å². The van der Waals surface area contributed by atoms with Crippen molar-refractivity contribution in [3.05, 3.63) is 128 Å². The summed E-state index contributed by atoms with van der Waals surface area (Å²) in [7, 11) is 4.44. The molecule has 2 heterocycles. The van der Waals surface area contributed by atoms with E-state index in [0.717, 1.165) is 5.56 Å². The molecule has 0 aliphatic carbocycles. The van der Waals surface area contributed by atoms with Crippen LogP contribution in [0.25, 0.3) is 0 Å². The number of carbonyl (C=O) groups excluding carboxylic acids is 1. The first-order valence-electron chi connectivity index (χ1n) is 15.0. The van der Waals surface area contributed by atoms with Crippen molar-refractivity contribution in [2.24, 2.45) is 0 Å². The largest absolute Gasteiger partial charge is 0.497 e. The van der Waals surface area contributed by atoms with Gasteiger partial charge in [0.1, 0.15) is 29.9 Å². The summed E-state index contributed by atoms with van der Waals surface area (Å²) in [5.74, 6) is 0.860. The molecule has 1 aromatic heterocycles. The second-order valence-corrected chi connectivity index (χ2v) is 11.2. The maximum Gasteiger partial charge on any atom is 0.330 e. The van der Waals surface area contributed by atoms with Crippen LogP contribution in [0.2, 0.25) is 0 Å². The van der Waals surface area contributed by atoms with Gasteiger partial charge in [-0.1, -0.05) is 54.6 Å². The highest BCUT2D eigenvalue weighted by Crippen LogP contribution is 2.47. The van der Waals surface area contributed by atoms with Gasteiger partial charge in [0.25, 0.3) is 5.56 Å². The lowest BCUT2D eigenvalue weighted by atomic mass is 9.64. The molecule has 4 atom stereocenters. The third-order valence-electron chi connectivity index (χ3n) is 8.62.